The van der Waals surface area contributed by atoms with Crippen molar-refractivity contribution in [3.8, 4) is 0 Å². The molecule has 1 N–H and O–H groups in total. The van der Waals surface area contributed by atoms with Crippen LogP contribution in [0.15, 0.2) is 52.3 Å². The van der Waals surface area contributed by atoms with Crippen LogP contribution in [-0.4, -0.2) is 51.0 Å². The standard InChI is InChI=1S/C20H19F3N4O5S/c21-20(22,23)14-4-1-2-6-16(14)33(31,32)25-10-7-13(8-11-25)27-18-15(5-3-9-24-18)26(19(27)30)12-17(28)29/h1-6,9,13H,7-8,10-12H2,(H,28,29). The topological polar surface area (TPSA) is 114 Å². The summed E-state index contributed by atoms with van der Waals surface area (Å²) in [6.07, 6.45) is -3.07. The first-order valence-electron chi connectivity index (χ1n) is 9.95. The van der Waals surface area contributed by atoms with E-state index in [1.54, 1.807) is 12.1 Å². The van der Waals surface area contributed by atoms with Crippen LogP contribution in [0.2, 0.25) is 0 Å². The van der Waals surface area contributed by atoms with E-state index in [1.807, 2.05) is 0 Å². The highest BCUT2D eigenvalue weighted by Crippen LogP contribution is 2.36. The summed E-state index contributed by atoms with van der Waals surface area (Å²) in [5.41, 5.74) is -1.22. The molecule has 33 heavy (non-hydrogen) atoms. The molecular formula is C20H19F3N4O5S. The highest BCUT2D eigenvalue weighted by Gasteiger charge is 2.40. The summed E-state index contributed by atoms with van der Waals surface area (Å²) >= 11 is 0. The van der Waals surface area contributed by atoms with Gasteiger partial charge < -0.3 is 5.11 Å². The van der Waals surface area contributed by atoms with Gasteiger partial charge >= 0.3 is 17.8 Å². The molecule has 1 aliphatic heterocycles. The number of rotatable bonds is 5. The third kappa shape index (κ3) is 4.13. The van der Waals surface area contributed by atoms with Gasteiger partial charge in [0.15, 0.2) is 5.65 Å². The van der Waals surface area contributed by atoms with E-state index in [0.717, 1.165) is 27.1 Å². The van der Waals surface area contributed by atoms with Crippen molar-refractivity contribution in [3.05, 3.63) is 58.6 Å². The Balaban J connectivity index is 1.64. The number of sulfonamides is 1. The van der Waals surface area contributed by atoms with Crippen LogP contribution in [0.3, 0.4) is 0 Å². The number of aliphatic carboxylic acids is 1. The number of nitrogens with zero attached hydrogens (tertiary/aromatic N) is 4. The first-order valence-corrected chi connectivity index (χ1v) is 11.4. The minimum Gasteiger partial charge on any atom is -0.480 e. The Hall–Kier alpha value is -3.19. The number of imidazole rings is 1. The van der Waals surface area contributed by atoms with Crippen LogP contribution in [0.25, 0.3) is 11.2 Å². The van der Waals surface area contributed by atoms with Gasteiger partial charge in [0.2, 0.25) is 10.0 Å². The lowest BCUT2D eigenvalue weighted by molar-refractivity contribution is -0.140. The monoisotopic (exact) mass is 484 g/mol. The highest BCUT2D eigenvalue weighted by molar-refractivity contribution is 7.89. The molecule has 1 saturated heterocycles. The van der Waals surface area contributed by atoms with Gasteiger partial charge in [0, 0.05) is 25.3 Å². The van der Waals surface area contributed by atoms with Crippen molar-refractivity contribution in [1.29, 1.82) is 0 Å². The van der Waals surface area contributed by atoms with Crippen molar-refractivity contribution < 1.29 is 31.5 Å². The molecule has 0 spiro atoms. The molecule has 0 radical (unpaired) electrons. The summed E-state index contributed by atoms with van der Waals surface area (Å²) in [5, 5.41) is 9.14. The van der Waals surface area contributed by atoms with E-state index in [4.69, 9.17) is 5.11 Å². The predicted octanol–water partition coefficient (Wildman–Crippen LogP) is 2.33. The fourth-order valence-electron chi connectivity index (χ4n) is 4.13. The van der Waals surface area contributed by atoms with E-state index in [9.17, 15) is 31.2 Å². The largest absolute Gasteiger partial charge is 0.480 e. The Bertz CT molecular complexity index is 1370. The second kappa shape index (κ2) is 8.30. The lowest BCUT2D eigenvalue weighted by Crippen LogP contribution is -2.41. The number of alkyl halides is 3. The quantitative estimate of drug-likeness (QED) is 0.595. The summed E-state index contributed by atoms with van der Waals surface area (Å²) < 4.78 is 69.4. The zero-order valence-electron chi connectivity index (χ0n) is 17.1. The Labute approximate surface area is 185 Å². The second-order valence-corrected chi connectivity index (χ2v) is 9.51. The molecule has 0 aliphatic carbocycles. The molecule has 1 aromatic carbocycles. The average Bonchev–Trinajstić information content (AvgIpc) is 3.04. The van der Waals surface area contributed by atoms with Gasteiger partial charge in [-0.1, -0.05) is 12.1 Å². The fraction of sp³-hybridized carbons (Fsp3) is 0.350. The SMILES string of the molecule is O=C(O)Cn1c(=O)n(C2CCN(S(=O)(=O)c3ccccc3C(F)(F)F)CC2)c2ncccc21. The number of fused-ring (bicyclic) bond motifs is 1. The maximum atomic E-state index is 13.3. The zero-order chi connectivity index (χ0) is 24.0. The first kappa shape index (κ1) is 23.0. The molecule has 13 heteroatoms. The number of aromatic nitrogens is 3. The van der Waals surface area contributed by atoms with Crippen LogP contribution in [0.4, 0.5) is 13.2 Å². The molecule has 0 atom stereocenters. The predicted molar refractivity (Wildman–Crippen MR) is 110 cm³/mol. The van der Waals surface area contributed by atoms with E-state index in [1.165, 1.54) is 16.8 Å². The summed E-state index contributed by atoms with van der Waals surface area (Å²) in [5.74, 6) is -1.20. The molecule has 2 aromatic heterocycles. The number of hydrogen-bond acceptors (Lipinski definition) is 5. The van der Waals surface area contributed by atoms with E-state index in [-0.39, 0.29) is 31.6 Å². The Morgan fingerprint density at radius 2 is 1.79 bits per heavy atom. The van der Waals surface area contributed by atoms with Gasteiger partial charge in [-0.25, -0.2) is 18.2 Å². The van der Waals surface area contributed by atoms with Gasteiger partial charge in [0.05, 0.1) is 16.0 Å². The van der Waals surface area contributed by atoms with Crippen molar-refractivity contribution in [1.82, 2.24) is 18.4 Å². The molecule has 0 saturated carbocycles. The van der Waals surface area contributed by atoms with Gasteiger partial charge in [-0.3, -0.25) is 13.9 Å². The molecule has 1 aliphatic rings. The molecular weight excluding hydrogens is 465 g/mol. The number of carbonyl (C=O) groups is 1. The molecule has 3 heterocycles. The van der Waals surface area contributed by atoms with E-state index >= 15 is 0 Å². The van der Waals surface area contributed by atoms with E-state index in [0.29, 0.717) is 5.52 Å². The van der Waals surface area contributed by atoms with Crippen LogP contribution >= 0.6 is 0 Å². The van der Waals surface area contributed by atoms with Crippen molar-refractivity contribution in [2.75, 3.05) is 13.1 Å². The van der Waals surface area contributed by atoms with Crippen LogP contribution in [0.5, 0.6) is 0 Å². The second-order valence-electron chi connectivity index (χ2n) is 7.61. The lowest BCUT2D eigenvalue weighted by Gasteiger charge is -2.32. The number of hydrogen-bond donors (Lipinski definition) is 1. The number of piperidine rings is 1. The van der Waals surface area contributed by atoms with Gasteiger partial charge in [-0.15, -0.1) is 0 Å². The molecule has 176 valence electrons. The molecule has 0 amide bonds. The van der Waals surface area contributed by atoms with Gasteiger partial charge in [-0.2, -0.15) is 17.5 Å². The first-order chi connectivity index (χ1) is 15.5. The van der Waals surface area contributed by atoms with Gasteiger partial charge in [0.1, 0.15) is 6.54 Å². The maximum absolute atomic E-state index is 13.3. The third-order valence-electron chi connectivity index (χ3n) is 5.61. The average molecular weight is 484 g/mol. The maximum Gasteiger partial charge on any atom is 0.417 e. The number of carboxylic acids is 1. The van der Waals surface area contributed by atoms with E-state index in [2.05, 4.69) is 4.98 Å². The van der Waals surface area contributed by atoms with Crippen LogP contribution < -0.4 is 5.69 Å². The highest BCUT2D eigenvalue weighted by atomic mass is 32.2. The van der Waals surface area contributed by atoms with Gasteiger partial charge in [0.25, 0.3) is 0 Å². The van der Waals surface area contributed by atoms with Crippen molar-refractivity contribution in [2.45, 2.75) is 36.5 Å². The Morgan fingerprint density at radius 3 is 2.42 bits per heavy atom. The zero-order valence-corrected chi connectivity index (χ0v) is 17.9. The normalized spacial score (nSPS) is 16.3. The Morgan fingerprint density at radius 1 is 1.12 bits per heavy atom. The molecule has 0 bridgehead atoms. The number of halogens is 3. The van der Waals surface area contributed by atoms with Crippen molar-refractivity contribution in [2.24, 2.45) is 0 Å². The van der Waals surface area contributed by atoms with E-state index < -0.39 is 50.9 Å². The third-order valence-corrected chi connectivity index (χ3v) is 7.57. The number of carboxylic acid groups (broad SMARTS) is 1. The van der Waals surface area contributed by atoms with Gasteiger partial charge in [-0.05, 0) is 37.1 Å². The Kier molecular flexibility index (Phi) is 5.78. The molecule has 4 rings (SSSR count). The minimum absolute atomic E-state index is 0.107. The molecule has 0 unspecified atom stereocenters. The molecule has 1 fully saturated rings. The van der Waals surface area contributed by atoms with Crippen LogP contribution in [0, 0.1) is 0 Å². The molecule has 3 aromatic rings. The number of benzene rings is 1. The fourth-order valence-corrected chi connectivity index (χ4v) is 5.81. The smallest absolute Gasteiger partial charge is 0.417 e. The van der Waals surface area contributed by atoms with Crippen LogP contribution in [-0.2, 0) is 27.5 Å². The van der Waals surface area contributed by atoms with Crippen molar-refractivity contribution >= 4 is 27.2 Å². The number of pyridine rings is 1. The summed E-state index contributed by atoms with van der Waals surface area (Å²) in [7, 11) is -4.42. The lowest BCUT2D eigenvalue weighted by atomic mass is 10.1. The van der Waals surface area contributed by atoms with Crippen LogP contribution in [0.1, 0.15) is 24.4 Å². The molecule has 9 nitrogen and oxygen atoms in total. The summed E-state index contributed by atoms with van der Waals surface area (Å²) in [6.45, 7) is -0.774. The van der Waals surface area contributed by atoms with Crippen molar-refractivity contribution in [3.63, 3.8) is 0 Å². The summed E-state index contributed by atoms with van der Waals surface area (Å²) in [6, 6.07) is 6.65. The minimum atomic E-state index is -4.83. The summed E-state index contributed by atoms with van der Waals surface area (Å²) in [4.78, 5) is 27.5.